The number of aromatic nitrogens is 2. The molecule has 1 heterocycles. The fourth-order valence-corrected chi connectivity index (χ4v) is 0.707. The monoisotopic (exact) mass is 191 g/mol. The second-order valence-electron chi connectivity index (χ2n) is 2.21. The summed E-state index contributed by atoms with van der Waals surface area (Å²) in [6, 6.07) is 1.27. The van der Waals surface area contributed by atoms with Crippen molar-refractivity contribution in [3.05, 3.63) is 12.3 Å². The van der Waals surface area contributed by atoms with Crippen molar-refractivity contribution in [3.8, 4) is 0 Å². The van der Waals surface area contributed by atoms with E-state index in [4.69, 9.17) is 5.11 Å². The van der Waals surface area contributed by atoms with E-state index in [1.54, 1.807) is 0 Å². The molecule has 0 aliphatic carbocycles. The first-order chi connectivity index (χ1) is 6.09. The molecule has 2 N–H and O–H groups in total. The summed E-state index contributed by atoms with van der Waals surface area (Å²) in [5.74, 6) is -0.964. The van der Waals surface area contributed by atoms with Crippen LogP contribution in [0.15, 0.2) is 12.3 Å². The average Bonchev–Trinajstić information content (AvgIpc) is 2.48. The van der Waals surface area contributed by atoms with E-state index < -0.39 is 12.5 Å². The molecule has 0 bridgehead atoms. The second-order valence-corrected chi connectivity index (χ2v) is 2.21. The van der Waals surface area contributed by atoms with Crippen LogP contribution in [0.25, 0.3) is 0 Å². The van der Waals surface area contributed by atoms with Gasteiger partial charge in [0.25, 0.3) is 0 Å². The first-order valence-corrected chi connectivity index (χ1v) is 3.38. The van der Waals surface area contributed by atoms with Gasteiger partial charge in [0.15, 0.2) is 0 Å². The van der Waals surface area contributed by atoms with Gasteiger partial charge in [-0.05, 0) is 0 Å². The van der Waals surface area contributed by atoms with E-state index in [0.717, 1.165) is 6.20 Å². The molecule has 7 heteroatoms. The van der Waals surface area contributed by atoms with Gasteiger partial charge < -0.3 is 10.4 Å². The summed E-state index contributed by atoms with van der Waals surface area (Å²) in [6.45, 7) is -3.05. The number of rotatable bonds is 4. The second kappa shape index (κ2) is 3.83. The Bertz CT molecular complexity index is 300. The molecule has 13 heavy (non-hydrogen) atoms. The number of hydrogen-bond donors (Lipinski definition) is 2. The number of hydrogen-bond acceptors (Lipinski definition) is 3. The maximum Gasteiger partial charge on any atom is 0.333 e. The van der Waals surface area contributed by atoms with Crippen LogP contribution in [-0.2, 0) is 4.79 Å². The molecule has 0 saturated carbocycles. The van der Waals surface area contributed by atoms with E-state index in [9.17, 15) is 13.6 Å². The minimum Gasteiger partial charge on any atom is -0.480 e. The minimum absolute atomic E-state index is 0.114. The topological polar surface area (TPSA) is 67.2 Å². The number of carboxylic acids is 1. The number of aliphatic carboxylic acids is 1. The first kappa shape index (κ1) is 9.43. The normalized spacial score (nSPS) is 10.4. The maximum atomic E-state index is 11.9. The fraction of sp³-hybridized carbons (Fsp3) is 0.333. The Balaban J connectivity index is 2.54. The molecule has 0 saturated heterocycles. The molecule has 0 atom stereocenters. The summed E-state index contributed by atoms with van der Waals surface area (Å²) in [6.07, 6.45) is 1.06. The Morgan fingerprint density at radius 3 is 2.92 bits per heavy atom. The Kier molecular flexibility index (Phi) is 2.78. The van der Waals surface area contributed by atoms with Gasteiger partial charge in [0.1, 0.15) is 12.4 Å². The number of carbonyl (C=O) groups is 1. The third-order valence-corrected chi connectivity index (χ3v) is 1.23. The molecule has 0 aromatic carbocycles. The van der Waals surface area contributed by atoms with E-state index in [0.29, 0.717) is 4.68 Å². The molecule has 0 amide bonds. The molecule has 0 spiro atoms. The van der Waals surface area contributed by atoms with Gasteiger partial charge in [0, 0.05) is 12.3 Å². The van der Waals surface area contributed by atoms with Crippen molar-refractivity contribution >= 4 is 11.8 Å². The molecule has 1 aromatic heterocycles. The molecule has 0 unspecified atom stereocenters. The molecular formula is C6H7F2N3O2. The van der Waals surface area contributed by atoms with E-state index in [2.05, 4.69) is 10.4 Å². The van der Waals surface area contributed by atoms with E-state index >= 15 is 0 Å². The third kappa shape index (κ3) is 2.69. The first-order valence-electron chi connectivity index (χ1n) is 3.38. The SMILES string of the molecule is O=C(O)CNc1ccn(C(F)F)n1. The van der Waals surface area contributed by atoms with Gasteiger partial charge in [0.05, 0.1) is 0 Å². The van der Waals surface area contributed by atoms with Crippen molar-refractivity contribution in [2.24, 2.45) is 0 Å². The van der Waals surface area contributed by atoms with Crippen molar-refractivity contribution in [2.75, 3.05) is 11.9 Å². The zero-order chi connectivity index (χ0) is 9.84. The van der Waals surface area contributed by atoms with Crippen LogP contribution in [0.2, 0.25) is 0 Å². The lowest BCUT2D eigenvalue weighted by Crippen LogP contribution is -2.13. The Morgan fingerprint density at radius 2 is 2.46 bits per heavy atom. The Labute approximate surface area is 72.0 Å². The molecule has 0 fully saturated rings. The van der Waals surface area contributed by atoms with E-state index in [1.807, 2.05) is 0 Å². The number of halogens is 2. The fourth-order valence-electron chi connectivity index (χ4n) is 0.707. The number of nitrogens with zero attached hydrogens (tertiary/aromatic N) is 2. The van der Waals surface area contributed by atoms with Crippen molar-refractivity contribution in [3.63, 3.8) is 0 Å². The number of carboxylic acid groups (broad SMARTS) is 1. The van der Waals surface area contributed by atoms with Crippen molar-refractivity contribution in [1.82, 2.24) is 9.78 Å². The van der Waals surface area contributed by atoms with Crippen molar-refractivity contribution in [2.45, 2.75) is 6.55 Å². The average molecular weight is 191 g/mol. The van der Waals surface area contributed by atoms with Crippen LogP contribution in [-0.4, -0.2) is 27.4 Å². The highest BCUT2D eigenvalue weighted by atomic mass is 19.3. The maximum absolute atomic E-state index is 11.9. The summed E-state index contributed by atoms with van der Waals surface area (Å²) in [5, 5.41) is 14.0. The molecule has 72 valence electrons. The standard InChI is InChI=1S/C6H7F2N3O2/c7-6(8)11-2-1-4(10-11)9-3-5(12)13/h1-2,6H,3H2,(H,9,10)(H,12,13). The summed E-state index contributed by atoms with van der Waals surface area (Å²) in [5.41, 5.74) is 0. The summed E-state index contributed by atoms with van der Waals surface area (Å²) in [4.78, 5) is 10.1. The number of nitrogens with one attached hydrogen (secondary N) is 1. The summed E-state index contributed by atoms with van der Waals surface area (Å²) in [7, 11) is 0. The number of alkyl halides is 2. The smallest absolute Gasteiger partial charge is 0.333 e. The molecule has 0 aliphatic rings. The lowest BCUT2D eigenvalue weighted by atomic mass is 10.6. The number of anilines is 1. The highest BCUT2D eigenvalue weighted by molar-refractivity contribution is 5.72. The van der Waals surface area contributed by atoms with Gasteiger partial charge in [-0.3, -0.25) is 4.79 Å². The Morgan fingerprint density at radius 1 is 1.77 bits per heavy atom. The lowest BCUT2D eigenvalue weighted by molar-refractivity contribution is -0.134. The lowest BCUT2D eigenvalue weighted by Gasteiger charge is -1.98. The van der Waals surface area contributed by atoms with Gasteiger partial charge in [-0.2, -0.15) is 13.9 Å². The van der Waals surface area contributed by atoms with Gasteiger partial charge in [0.2, 0.25) is 0 Å². The van der Waals surface area contributed by atoms with Crippen LogP contribution in [0.1, 0.15) is 6.55 Å². The van der Waals surface area contributed by atoms with Crippen LogP contribution in [0.3, 0.4) is 0 Å². The van der Waals surface area contributed by atoms with Crippen LogP contribution < -0.4 is 5.32 Å². The van der Waals surface area contributed by atoms with Crippen molar-refractivity contribution in [1.29, 1.82) is 0 Å². The molecule has 5 nitrogen and oxygen atoms in total. The Hall–Kier alpha value is -1.66. The quantitative estimate of drug-likeness (QED) is 0.737. The molecular weight excluding hydrogens is 184 g/mol. The van der Waals surface area contributed by atoms with Crippen molar-refractivity contribution < 1.29 is 18.7 Å². The third-order valence-electron chi connectivity index (χ3n) is 1.23. The van der Waals surface area contributed by atoms with E-state index in [1.165, 1.54) is 6.07 Å². The predicted molar refractivity (Wildman–Crippen MR) is 39.6 cm³/mol. The predicted octanol–water partition coefficient (Wildman–Crippen LogP) is 0.775. The largest absolute Gasteiger partial charge is 0.480 e. The molecule has 1 rings (SSSR count). The molecule has 0 aliphatic heterocycles. The van der Waals surface area contributed by atoms with Gasteiger partial charge in [-0.1, -0.05) is 0 Å². The molecule has 1 aromatic rings. The van der Waals surface area contributed by atoms with Gasteiger partial charge >= 0.3 is 12.5 Å². The van der Waals surface area contributed by atoms with Crippen LogP contribution in [0, 0.1) is 0 Å². The summed E-state index contributed by atoms with van der Waals surface area (Å²) < 4.78 is 24.3. The highest BCUT2D eigenvalue weighted by Crippen LogP contribution is 2.10. The zero-order valence-electron chi connectivity index (χ0n) is 6.44. The van der Waals surface area contributed by atoms with Gasteiger partial charge in [-0.25, -0.2) is 4.68 Å². The zero-order valence-corrected chi connectivity index (χ0v) is 6.44. The summed E-state index contributed by atoms with van der Waals surface area (Å²) >= 11 is 0. The molecule has 0 radical (unpaired) electrons. The van der Waals surface area contributed by atoms with Gasteiger partial charge in [-0.15, -0.1) is 0 Å². The van der Waals surface area contributed by atoms with Crippen LogP contribution >= 0.6 is 0 Å². The van der Waals surface area contributed by atoms with Crippen LogP contribution in [0.4, 0.5) is 14.6 Å². The minimum atomic E-state index is -2.71. The van der Waals surface area contributed by atoms with Crippen LogP contribution in [0.5, 0.6) is 0 Å². The highest BCUT2D eigenvalue weighted by Gasteiger charge is 2.07. The van der Waals surface area contributed by atoms with E-state index in [-0.39, 0.29) is 12.4 Å².